The van der Waals surface area contributed by atoms with Crippen LogP contribution in [0.4, 0.5) is 0 Å². The number of rotatable bonds is 7. The van der Waals surface area contributed by atoms with Crippen molar-refractivity contribution in [3.8, 4) is 5.75 Å². The van der Waals surface area contributed by atoms with E-state index in [4.69, 9.17) is 9.47 Å². The number of ether oxygens (including phenoxy) is 2. The maximum absolute atomic E-state index is 11.0. The second-order valence-corrected chi connectivity index (χ2v) is 4.20. The highest BCUT2D eigenvalue weighted by Crippen LogP contribution is 2.12. The molecular weight excluding hydrogens is 216 g/mol. The maximum Gasteiger partial charge on any atom is 0.132 e. The van der Waals surface area contributed by atoms with Gasteiger partial charge in [-0.1, -0.05) is 19.1 Å². The Bertz CT molecular complexity index is 343. The highest BCUT2D eigenvalue weighted by atomic mass is 16.5. The van der Waals surface area contributed by atoms with Crippen molar-refractivity contribution in [3.63, 3.8) is 0 Å². The smallest absolute Gasteiger partial charge is 0.132 e. The molecule has 0 spiro atoms. The van der Waals surface area contributed by atoms with Gasteiger partial charge in [-0.15, -0.1) is 0 Å². The van der Waals surface area contributed by atoms with Crippen molar-refractivity contribution in [3.05, 3.63) is 29.8 Å². The van der Waals surface area contributed by atoms with Crippen LogP contribution in [0, 0.1) is 5.92 Å². The van der Waals surface area contributed by atoms with E-state index in [9.17, 15) is 4.79 Å². The molecule has 94 valence electrons. The molecule has 3 nitrogen and oxygen atoms in total. The van der Waals surface area contributed by atoms with E-state index in [0.717, 1.165) is 17.7 Å². The van der Waals surface area contributed by atoms with Gasteiger partial charge in [0.2, 0.25) is 0 Å². The van der Waals surface area contributed by atoms with Gasteiger partial charge < -0.3 is 9.47 Å². The van der Waals surface area contributed by atoms with Crippen LogP contribution in [0.15, 0.2) is 24.3 Å². The van der Waals surface area contributed by atoms with E-state index in [1.807, 2.05) is 31.2 Å². The van der Waals surface area contributed by atoms with Crippen molar-refractivity contribution in [1.29, 1.82) is 0 Å². The summed E-state index contributed by atoms with van der Waals surface area (Å²) in [5.41, 5.74) is 1.11. The van der Waals surface area contributed by atoms with Crippen molar-refractivity contribution >= 4 is 5.78 Å². The number of hydrogen-bond donors (Lipinski definition) is 0. The fourth-order valence-corrected chi connectivity index (χ4v) is 1.38. The van der Waals surface area contributed by atoms with Gasteiger partial charge in [-0.25, -0.2) is 0 Å². The van der Waals surface area contributed by atoms with Crippen molar-refractivity contribution in [1.82, 2.24) is 0 Å². The van der Waals surface area contributed by atoms with Crippen molar-refractivity contribution in [2.45, 2.75) is 26.9 Å². The van der Waals surface area contributed by atoms with Gasteiger partial charge in [0.15, 0.2) is 0 Å². The average molecular weight is 236 g/mol. The Kier molecular flexibility index (Phi) is 5.70. The van der Waals surface area contributed by atoms with Gasteiger partial charge in [-0.3, -0.25) is 4.79 Å². The first kappa shape index (κ1) is 13.7. The third kappa shape index (κ3) is 5.00. The molecule has 0 aliphatic rings. The van der Waals surface area contributed by atoms with Gasteiger partial charge in [0.1, 0.15) is 11.5 Å². The minimum absolute atomic E-state index is 0.0888. The van der Waals surface area contributed by atoms with Gasteiger partial charge in [0.05, 0.1) is 13.7 Å². The maximum atomic E-state index is 11.0. The average Bonchev–Trinajstić information content (AvgIpc) is 2.35. The second kappa shape index (κ2) is 7.07. The summed E-state index contributed by atoms with van der Waals surface area (Å²) < 4.78 is 10.6. The van der Waals surface area contributed by atoms with Crippen LogP contribution in [0.2, 0.25) is 0 Å². The summed E-state index contributed by atoms with van der Waals surface area (Å²) >= 11 is 0. The molecule has 1 unspecified atom stereocenters. The first-order chi connectivity index (χ1) is 8.13. The minimum atomic E-state index is 0.0888. The topological polar surface area (TPSA) is 35.5 Å². The van der Waals surface area contributed by atoms with Crippen LogP contribution in [0.5, 0.6) is 5.75 Å². The van der Waals surface area contributed by atoms with E-state index < -0.39 is 0 Å². The molecule has 1 aromatic carbocycles. The molecule has 0 bridgehead atoms. The summed E-state index contributed by atoms with van der Waals surface area (Å²) in [6.45, 7) is 4.74. The zero-order valence-electron chi connectivity index (χ0n) is 10.7. The highest BCUT2D eigenvalue weighted by molar-refractivity contribution is 5.77. The van der Waals surface area contributed by atoms with E-state index in [1.54, 1.807) is 14.0 Å². The summed E-state index contributed by atoms with van der Waals surface area (Å²) in [5.74, 6) is 1.16. The molecule has 0 aliphatic heterocycles. The molecule has 0 aromatic heterocycles. The van der Waals surface area contributed by atoms with Gasteiger partial charge in [-0.05, 0) is 31.0 Å². The molecule has 0 amide bonds. The van der Waals surface area contributed by atoms with Crippen molar-refractivity contribution in [2.75, 3.05) is 13.7 Å². The molecule has 1 rings (SSSR count). The van der Waals surface area contributed by atoms with Crippen LogP contribution in [0.1, 0.15) is 25.8 Å². The van der Waals surface area contributed by atoms with Gasteiger partial charge in [0, 0.05) is 12.5 Å². The first-order valence-corrected chi connectivity index (χ1v) is 5.84. The van der Waals surface area contributed by atoms with Crippen LogP contribution in [-0.4, -0.2) is 19.5 Å². The third-order valence-corrected chi connectivity index (χ3v) is 2.82. The molecule has 0 N–H and O–H groups in total. The quantitative estimate of drug-likeness (QED) is 0.683. The summed E-state index contributed by atoms with van der Waals surface area (Å²) in [4.78, 5) is 11.0. The lowest BCUT2D eigenvalue weighted by Gasteiger charge is -2.08. The van der Waals surface area contributed by atoms with Gasteiger partial charge in [0.25, 0.3) is 0 Å². The number of methoxy groups -OCH3 is 1. The largest absolute Gasteiger partial charge is 0.497 e. The van der Waals surface area contributed by atoms with Crippen LogP contribution in [-0.2, 0) is 16.1 Å². The fraction of sp³-hybridized carbons (Fsp3) is 0.500. The lowest BCUT2D eigenvalue weighted by Crippen LogP contribution is -2.09. The summed E-state index contributed by atoms with van der Waals surface area (Å²) in [7, 11) is 1.65. The number of ketones is 1. The van der Waals surface area contributed by atoms with Crippen LogP contribution in [0.3, 0.4) is 0 Å². The molecule has 0 saturated heterocycles. The van der Waals surface area contributed by atoms with Gasteiger partial charge >= 0.3 is 0 Å². The highest BCUT2D eigenvalue weighted by Gasteiger charge is 2.06. The second-order valence-electron chi connectivity index (χ2n) is 4.20. The lowest BCUT2D eigenvalue weighted by molar-refractivity contribution is -0.120. The molecule has 1 atom stereocenters. The van der Waals surface area contributed by atoms with E-state index in [0.29, 0.717) is 13.2 Å². The minimum Gasteiger partial charge on any atom is -0.497 e. The van der Waals surface area contributed by atoms with Crippen LogP contribution >= 0.6 is 0 Å². The predicted molar refractivity (Wildman–Crippen MR) is 67.1 cm³/mol. The zero-order valence-corrected chi connectivity index (χ0v) is 10.7. The Morgan fingerprint density at radius 2 is 1.94 bits per heavy atom. The molecule has 0 saturated carbocycles. The predicted octanol–water partition coefficient (Wildman–Crippen LogP) is 2.83. The molecular formula is C14H20O3. The molecule has 17 heavy (non-hydrogen) atoms. The Morgan fingerprint density at radius 1 is 1.29 bits per heavy atom. The standard InChI is InChI=1S/C14H20O3/c1-11(12(2)15)8-9-17-10-13-4-6-14(16-3)7-5-13/h4-7,11H,8-10H2,1-3H3. The number of benzene rings is 1. The molecule has 1 aromatic rings. The Morgan fingerprint density at radius 3 is 2.47 bits per heavy atom. The Labute approximate surface area is 103 Å². The van der Waals surface area contributed by atoms with Crippen molar-refractivity contribution in [2.24, 2.45) is 5.92 Å². The summed E-state index contributed by atoms with van der Waals surface area (Å²) in [6.07, 6.45) is 0.783. The molecule has 0 aliphatic carbocycles. The summed E-state index contributed by atoms with van der Waals surface area (Å²) in [5, 5.41) is 0. The molecule has 0 radical (unpaired) electrons. The van der Waals surface area contributed by atoms with Crippen molar-refractivity contribution < 1.29 is 14.3 Å². The van der Waals surface area contributed by atoms with E-state index in [1.165, 1.54) is 0 Å². The number of hydrogen-bond acceptors (Lipinski definition) is 3. The monoisotopic (exact) mass is 236 g/mol. The van der Waals surface area contributed by atoms with E-state index in [2.05, 4.69) is 0 Å². The van der Waals surface area contributed by atoms with E-state index >= 15 is 0 Å². The number of Topliss-reactive ketones (excluding diaryl/α,β-unsaturated/α-hetero) is 1. The van der Waals surface area contributed by atoms with Gasteiger partial charge in [-0.2, -0.15) is 0 Å². The van der Waals surface area contributed by atoms with Crippen LogP contribution < -0.4 is 4.74 Å². The normalized spacial score (nSPS) is 12.2. The Balaban J connectivity index is 2.24. The summed E-state index contributed by atoms with van der Waals surface area (Å²) in [6, 6.07) is 7.79. The molecule has 3 heteroatoms. The molecule has 0 fully saturated rings. The van der Waals surface area contributed by atoms with Crippen LogP contribution in [0.25, 0.3) is 0 Å². The number of carbonyl (C=O) groups is 1. The fourth-order valence-electron chi connectivity index (χ4n) is 1.38. The lowest BCUT2D eigenvalue weighted by atomic mass is 10.1. The number of carbonyl (C=O) groups excluding carboxylic acids is 1. The molecule has 0 heterocycles. The zero-order chi connectivity index (χ0) is 12.7. The van der Waals surface area contributed by atoms with E-state index in [-0.39, 0.29) is 11.7 Å². The SMILES string of the molecule is COc1ccc(COCCC(C)C(C)=O)cc1. The first-order valence-electron chi connectivity index (χ1n) is 5.84. The Hall–Kier alpha value is -1.35. The third-order valence-electron chi connectivity index (χ3n) is 2.82.